The minimum absolute atomic E-state index is 0.0755. The van der Waals surface area contributed by atoms with E-state index in [1.54, 1.807) is 18.4 Å². The third kappa shape index (κ3) is 3.90. The Morgan fingerprint density at radius 3 is 2.53 bits per heavy atom. The molecule has 0 radical (unpaired) electrons. The van der Waals surface area contributed by atoms with Gasteiger partial charge in [0.15, 0.2) is 0 Å². The summed E-state index contributed by atoms with van der Waals surface area (Å²) in [5.41, 5.74) is 0. The molecule has 1 aliphatic heterocycles. The van der Waals surface area contributed by atoms with Gasteiger partial charge >= 0.3 is 0 Å². The van der Waals surface area contributed by atoms with Gasteiger partial charge in [0.1, 0.15) is 0 Å². The summed E-state index contributed by atoms with van der Waals surface area (Å²) in [6, 6.07) is 0. The van der Waals surface area contributed by atoms with Gasteiger partial charge in [0.25, 0.3) is 10.2 Å². The third-order valence-corrected chi connectivity index (χ3v) is 6.12. The Morgan fingerprint density at radius 2 is 1.89 bits per heavy atom. The van der Waals surface area contributed by atoms with Crippen LogP contribution in [0.15, 0.2) is 0 Å². The van der Waals surface area contributed by atoms with Crippen LogP contribution in [0.1, 0.15) is 38.5 Å². The Bertz CT molecular complexity index is 377. The number of hydrogen-bond donors (Lipinski definition) is 0. The zero-order valence-corrected chi connectivity index (χ0v) is 12.9. The number of ether oxygens (including phenoxy) is 1. The molecule has 5 nitrogen and oxygen atoms in total. The van der Waals surface area contributed by atoms with E-state index in [-0.39, 0.29) is 6.10 Å². The highest BCUT2D eigenvalue weighted by Crippen LogP contribution is 2.29. The van der Waals surface area contributed by atoms with Crippen molar-refractivity contribution in [3.63, 3.8) is 0 Å². The lowest BCUT2D eigenvalue weighted by atomic mass is 9.85. The number of nitrogens with zero attached hydrogens (tertiary/aromatic N) is 2. The summed E-state index contributed by atoms with van der Waals surface area (Å²) in [5.74, 6) is 0.723. The van der Waals surface area contributed by atoms with Gasteiger partial charge in [-0.25, -0.2) is 0 Å². The van der Waals surface area contributed by atoms with Gasteiger partial charge in [-0.1, -0.05) is 32.1 Å². The predicted molar refractivity (Wildman–Crippen MR) is 75.1 cm³/mol. The normalized spacial score (nSPS) is 27.8. The molecule has 1 saturated carbocycles. The molecule has 2 rings (SSSR count). The first-order valence-electron chi connectivity index (χ1n) is 7.29. The van der Waals surface area contributed by atoms with E-state index in [0.717, 1.165) is 12.3 Å². The first kappa shape index (κ1) is 15.2. The molecule has 1 aliphatic carbocycles. The largest absolute Gasteiger partial charge is 0.375 e. The molecule has 6 heteroatoms. The van der Waals surface area contributed by atoms with E-state index < -0.39 is 10.2 Å². The van der Waals surface area contributed by atoms with E-state index >= 15 is 0 Å². The molecule has 112 valence electrons. The van der Waals surface area contributed by atoms with Crippen molar-refractivity contribution in [3.05, 3.63) is 0 Å². The Hall–Kier alpha value is -0.170. The molecule has 0 aromatic rings. The van der Waals surface area contributed by atoms with Crippen LogP contribution in [0.3, 0.4) is 0 Å². The van der Waals surface area contributed by atoms with E-state index in [2.05, 4.69) is 0 Å². The van der Waals surface area contributed by atoms with Crippen LogP contribution in [0.5, 0.6) is 0 Å². The van der Waals surface area contributed by atoms with Crippen molar-refractivity contribution >= 4 is 10.2 Å². The monoisotopic (exact) mass is 290 g/mol. The van der Waals surface area contributed by atoms with Crippen LogP contribution in [-0.4, -0.2) is 56.9 Å². The Labute approximate surface area is 117 Å². The highest BCUT2D eigenvalue weighted by atomic mass is 32.2. The molecule has 2 fully saturated rings. The lowest BCUT2D eigenvalue weighted by molar-refractivity contribution is -0.0179. The van der Waals surface area contributed by atoms with Gasteiger partial charge in [0.05, 0.1) is 12.7 Å². The summed E-state index contributed by atoms with van der Waals surface area (Å²) < 4.78 is 32.8. The van der Waals surface area contributed by atoms with Crippen molar-refractivity contribution in [1.82, 2.24) is 8.61 Å². The standard InChI is InChI=1S/C13H26N2O3S/c1-14(2)19(16,17)15-8-9-18-13(11-15)10-12-6-4-3-5-7-12/h12-13H,3-11H2,1-2H3/t13-/m1/s1. The minimum atomic E-state index is -3.29. The Kier molecular flexibility index (Phi) is 5.22. The quantitative estimate of drug-likeness (QED) is 0.787. The number of hydrogen-bond acceptors (Lipinski definition) is 3. The summed E-state index contributed by atoms with van der Waals surface area (Å²) in [6.45, 7) is 1.50. The van der Waals surface area contributed by atoms with Crippen molar-refractivity contribution in [2.75, 3.05) is 33.8 Å². The number of morpholine rings is 1. The summed E-state index contributed by atoms with van der Waals surface area (Å²) >= 11 is 0. The van der Waals surface area contributed by atoms with Crippen LogP contribution in [0.25, 0.3) is 0 Å². The summed E-state index contributed by atoms with van der Waals surface area (Å²) in [5, 5.41) is 0. The highest BCUT2D eigenvalue weighted by molar-refractivity contribution is 7.86. The van der Waals surface area contributed by atoms with Gasteiger partial charge in [-0.15, -0.1) is 0 Å². The first-order valence-corrected chi connectivity index (χ1v) is 8.69. The van der Waals surface area contributed by atoms with E-state index in [9.17, 15) is 8.42 Å². The maximum Gasteiger partial charge on any atom is 0.281 e. The second-order valence-electron chi connectivity index (χ2n) is 5.88. The molecule has 0 bridgehead atoms. The van der Waals surface area contributed by atoms with Crippen LogP contribution in [0.4, 0.5) is 0 Å². The SMILES string of the molecule is CN(C)S(=O)(=O)N1CCO[C@H](CC2CCCCC2)C1. The van der Waals surface area contributed by atoms with Crippen molar-refractivity contribution < 1.29 is 13.2 Å². The van der Waals surface area contributed by atoms with Crippen LogP contribution < -0.4 is 0 Å². The molecule has 0 spiro atoms. The summed E-state index contributed by atoms with van der Waals surface area (Å²) in [4.78, 5) is 0. The first-order chi connectivity index (χ1) is 9.00. The van der Waals surface area contributed by atoms with Crippen molar-refractivity contribution in [2.24, 2.45) is 5.92 Å². The van der Waals surface area contributed by atoms with Crippen molar-refractivity contribution in [2.45, 2.75) is 44.6 Å². The van der Waals surface area contributed by atoms with E-state index in [1.165, 1.54) is 36.4 Å². The zero-order valence-electron chi connectivity index (χ0n) is 12.0. The second-order valence-corrected chi connectivity index (χ2v) is 8.02. The fourth-order valence-electron chi connectivity index (χ4n) is 3.07. The van der Waals surface area contributed by atoms with Crippen molar-refractivity contribution in [1.29, 1.82) is 0 Å². The average Bonchev–Trinajstić information content (AvgIpc) is 2.40. The van der Waals surface area contributed by atoms with E-state index in [1.807, 2.05) is 0 Å². The van der Waals surface area contributed by atoms with E-state index in [0.29, 0.717) is 19.7 Å². The summed E-state index contributed by atoms with van der Waals surface area (Å²) in [6.07, 6.45) is 7.63. The smallest absolute Gasteiger partial charge is 0.281 e. The molecule has 0 N–H and O–H groups in total. The van der Waals surface area contributed by atoms with Gasteiger partial charge in [-0.2, -0.15) is 17.0 Å². The third-order valence-electron chi connectivity index (χ3n) is 4.21. The zero-order chi connectivity index (χ0) is 13.9. The van der Waals surface area contributed by atoms with E-state index in [4.69, 9.17) is 4.74 Å². The molecule has 0 amide bonds. The predicted octanol–water partition coefficient (Wildman–Crippen LogP) is 1.46. The molecule has 0 aromatic carbocycles. The maximum atomic E-state index is 12.1. The van der Waals surface area contributed by atoms with Gasteiger partial charge in [-0.05, 0) is 12.3 Å². The fraction of sp³-hybridized carbons (Fsp3) is 1.00. The topological polar surface area (TPSA) is 49.9 Å². The molecule has 1 saturated heterocycles. The highest BCUT2D eigenvalue weighted by Gasteiger charge is 2.32. The van der Waals surface area contributed by atoms with Gasteiger partial charge in [0, 0.05) is 27.2 Å². The van der Waals surface area contributed by atoms with Crippen LogP contribution in [-0.2, 0) is 14.9 Å². The molecule has 1 heterocycles. The molecular formula is C13H26N2O3S. The molecule has 0 unspecified atom stereocenters. The Morgan fingerprint density at radius 1 is 1.21 bits per heavy atom. The molecule has 1 atom stereocenters. The molecule has 2 aliphatic rings. The molecule has 0 aromatic heterocycles. The average molecular weight is 290 g/mol. The van der Waals surface area contributed by atoms with Crippen LogP contribution >= 0.6 is 0 Å². The van der Waals surface area contributed by atoms with Gasteiger partial charge in [0.2, 0.25) is 0 Å². The van der Waals surface area contributed by atoms with Gasteiger partial charge < -0.3 is 4.74 Å². The van der Waals surface area contributed by atoms with Crippen molar-refractivity contribution in [3.8, 4) is 0 Å². The molecular weight excluding hydrogens is 264 g/mol. The van der Waals surface area contributed by atoms with Gasteiger partial charge in [-0.3, -0.25) is 0 Å². The lowest BCUT2D eigenvalue weighted by Gasteiger charge is -2.35. The summed E-state index contributed by atoms with van der Waals surface area (Å²) in [7, 11) is -0.118. The van der Waals surface area contributed by atoms with Crippen LogP contribution in [0.2, 0.25) is 0 Å². The maximum absolute atomic E-state index is 12.1. The molecule has 19 heavy (non-hydrogen) atoms. The van der Waals surface area contributed by atoms with Crippen LogP contribution in [0, 0.1) is 5.92 Å². The Balaban J connectivity index is 1.90. The lowest BCUT2D eigenvalue weighted by Crippen LogP contribution is -2.49. The number of rotatable bonds is 4. The second kappa shape index (κ2) is 6.52. The fourth-order valence-corrected chi connectivity index (χ4v) is 4.19. The minimum Gasteiger partial charge on any atom is -0.375 e.